The number of fused-ring (bicyclic) bond motifs is 1. The highest BCUT2D eigenvalue weighted by Gasteiger charge is 2.44. The summed E-state index contributed by atoms with van der Waals surface area (Å²) in [5.41, 5.74) is -0.297. The normalized spacial score (nSPS) is 20.1. The monoisotopic (exact) mass is 430 g/mol. The molecule has 0 bridgehead atoms. The molecule has 4 rings (SSSR count). The van der Waals surface area contributed by atoms with Crippen molar-refractivity contribution in [2.24, 2.45) is 0 Å². The number of rotatable bonds is 2. The number of aromatic hydroxyl groups is 8. The molecule has 3 atom stereocenters. The quantitative estimate of drug-likeness (QED) is 0.272. The van der Waals surface area contributed by atoms with Crippen LogP contribution in [0, 0.1) is 0 Å². The lowest BCUT2D eigenvalue weighted by molar-refractivity contribution is 0.00634. The van der Waals surface area contributed by atoms with Crippen LogP contribution in [-0.4, -0.2) is 52.1 Å². The molecule has 10 heteroatoms. The van der Waals surface area contributed by atoms with Crippen molar-refractivity contribution in [2.45, 2.75) is 18.1 Å². The Bertz CT molecular complexity index is 1140. The van der Waals surface area contributed by atoms with Crippen molar-refractivity contribution >= 4 is 0 Å². The van der Waals surface area contributed by atoms with E-state index in [0.717, 1.165) is 36.4 Å². The number of hydrogen-bond donors (Lipinski definition) is 9. The third kappa shape index (κ3) is 3.19. The Morgan fingerprint density at radius 2 is 1.06 bits per heavy atom. The van der Waals surface area contributed by atoms with Crippen molar-refractivity contribution in [1.82, 2.24) is 0 Å². The third-order valence-electron chi connectivity index (χ3n) is 5.17. The molecule has 0 fully saturated rings. The van der Waals surface area contributed by atoms with Crippen LogP contribution < -0.4 is 4.74 Å². The Morgan fingerprint density at radius 1 is 0.581 bits per heavy atom. The molecule has 0 amide bonds. The van der Waals surface area contributed by atoms with Gasteiger partial charge in [-0.05, 0) is 12.1 Å². The largest absolute Gasteiger partial charge is 0.508 e. The van der Waals surface area contributed by atoms with E-state index in [1.165, 1.54) is 0 Å². The first-order chi connectivity index (χ1) is 14.6. The summed E-state index contributed by atoms with van der Waals surface area (Å²) in [6, 6.07) is 6.04. The Morgan fingerprint density at radius 3 is 1.61 bits per heavy atom. The van der Waals surface area contributed by atoms with Crippen LogP contribution in [0.4, 0.5) is 0 Å². The topological polar surface area (TPSA) is 191 Å². The molecule has 0 saturated heterocycles. The molecular weight excluding hydrogens is 412 g/mol. The van der Waals surface area contributed by atoms with Gasteiger partial charge >= 0.3 is 0 Å². The van der Waals surface area contributed by atoms with Crippen LogP contribution in [0.3, 0.4) is 0 Å². The number of aliphatic hydroxyl groups is 1. The summed E-state index contributed by atoms with van der Waals surface area (Å²) in [6.07, 6.45) is -2.96. The standard InChI is InChI=1S/C21H18O10/c22-8-3-10(24)16(11(25)4-8)18-17-12(26)5-9(23)6-15(17)31-21(20(18)30)7-1-13(27)19(29)14(28)2-7/h1-6,18,20-30H/t18?,20-,21-/m1/s1. The molecule has 0 aliphatic carbocycles. The second kappa shape index (κ2) is 6.96. The van der Waals surface area contributed by atoms with Gasteiger partial charge in [-0.2, -0.15) is 0 Å². The van der Waals surface area contributed by atoms with Gasteiger partial charge in [-0.25, -0.2) is 0 Å². The smallest absolute Gasteiger partial charge is 0.200 e. The molecule has 10 nitrogen and oxygen atoms in total. The third-order valence-corrected chi connectivity index (χ3v) is 5.17. The number of ether oxygens (including phenoxy) is 1. The molecule has 1 aliphatic rings. The minimum atomic E-state index is -1.62. The van der Waals surface area contributed by atoms with E-state index in [4.69, 9.17) is 4.74 Å². The minimum Gasteiger partial charge on any atom is -0.508 e. The van der Waals surface area contributed by atoms with E-state index < -0.39 is 58.4 Å². The van der Waals surface area contributed by atoms with E-state index in [1.54, 1.807) is 0 Å². The van der Waals surface area contributed by atoms with Crippen molar-refractivity contribution < 1.29 is 50.7 Å². The number of aliphatic hydroxyl groups excluding tert-OH is 1. The predicted molar refractivity (Wildman–Crippen MR) is 104 cm³/mol. The zero-order chi connectivity index (χ0) is 22.6. The SMILES string of the molecule is Oc1cc(O)c(C2c3c(O)cc(O)cc3O[C@H](c3cc(O)c(O)c(O)c3)[C@@H]2O)c(O)c1. The van der Waals surface area contributed by atoms with Gasteiger partial charge in [0.15, 0.2) is 23.4 Å². The fourth-order valence-corrected chi connectivity index (χ4v) is 3.86. The van der Waals surface area contributed by atoms with Crippen LogP contribution in [-0.2, 0) is 0 Å². The zero-order valence-electron chi connectivity index (χ0n) is 15.6. The molecule has 1 aliphatic heterocycles. The van der Waals surface area contributed by atoms with E-state index in [2.05, 4.69) is 0 Å². The Labute approximate surface area is 174 Å². The molecule has 0 radical (unpaired) electrons. The van der Waals surface area contributed by atoms with Crippen molar-refractivity contribution in [3.63, 3.8) is 0 Å². The summed E-state index contributed by atoms with van der Waals surface area (Å²) >= 11 is 0. The summed E-state index contributed by atoms with van der Waals surface area (Å²) < 4.78 is 5.71. The molecule has 3 aromatic carbocycles. The van der Waals surface area contributed by atoms with Crippen molar-refractivity contribution in [3.8, 4) is 51.7 Å². The maximum atomic E-state index is 11.1. The van der Waals surface area contributed by atoms with Crippen molar-refractivity contribution in [1.29, 1.82) is 0 Å². The lowest BCUT2D eigenvalue weighted by atomic mass is 9.79. The van der Waals surface area contributed by atoms with Gasteiger partial charge in [-0.15, -0.1) is 0 Å². The molecule has 1 unspecified atom stereocenters. The zero-order valence-corrected chi connectivity index (χ0v) is 15.6. The second-order valence-corrected chi connectivity index (χ2v) is 7.19. The van der Waals surface area contributed by atoms with Gasteiger partial charge < -0.3 is 50.7 Å². The fraction of sp³-hybridized carbons (Fsp3) is 0.143. The van der Waals surface area contributed by atoms with Crippen LogP contribution in [0.2, 0.25) is 0 Å². The van der Waals surface area contributed by atoms with Crippen molar-refractivity contribution in [3.05, 3.63) is 53.1 Å². The average molecular weight is 430 g/mol. The Kier molecular flexibility index (Phi) is 4.51. The summed E-state index contributed by atoms with van der Waals surface area (Å²) in [6.45, 7) is 0. The van der Waals surface area contributed by atoms with Gasteiger partial charge in [0.1, 0.15) is 40.6 Å². The van der Waals surface area contributed by atoms with Gasteiger partial charge in [0.2, 0.25) is 0 Å². The van der Waals surface area contributed by atoms with Crippen LogP contribution in [0.25, 0.3) is 0 Å². The van der Waals surface area contributed by atoms with Crippen LogP contribution in [0.1, 0.15) is 28.7 Å². The summed E-state index contributed by atoms with van der Waals surface area (Å²) in [7, 11) is 0. The van der Waals surface area contributed by atoms with E-state index in [0.29, 0.717) is 0 Å². The van der Waals surface area contributed by atoms with E-state index >= 15 is 0 Å². The molecule has 162 valence electrons. The number of hydrogen-bond acceptors (Lipinski definition) is 10. The predicted octanol–water partition coefficient (Wildman–Crippen LogP) is 1.96. The molecule has 1 heterocycles. The number of phenolic OH excluding ortho intramolecular Hbond substituents is 8. The lowest BCUT2D eigenvalue weighted by Crippen LogP contribution is -2.35. The van der Waals surface area contributed by atoms with Crippen molar-refractivity contribution in [2.75, 3.05) is 0 Å². The molecular formula is C21H18O10. The lowest BCUT2D eigenvalue weighted by Gasteiger charge is -2.38. The Hall–Kier alpha value is -4.18. The number of phenols is 8. The van der Waals surface area contributed by atoms with Gasteiger partial charge in [-0.1, -0.05) is 0 Å². The summed E-state index contributed by atoms with van der Waals surface area (Å²) in [5, 5.41) is 91.1. The molecule has 0 spiro atoms. The van der Waals surface area contributed by atoms with Crippen LogP contribution >= 0.6 is 0 Å². The summed E-state index contributed by atoms with van der Waals surface area (Å²) in [5.74, 6) is -6.10. The fourth-order valence-electron chi connectivity index (χ4n) is 3.86. The first kappa shape index (κ1) is 20.1. The van der Waals surface area contributed by atoms with Crippen LogP contribution in [0.5, 0.6) is 51.7 Å². The van der Waals surface area contributed by atoms with Gasteiger partial charge in [0.05, 0.1) is 5.92 Å². The number of benzene rings is 3. The molecule has 31 heavy (non-hydrogen) atoms. The second-order valence-electron chi connectivity index (χ2n) is 7.19. The van der Waals surface area contributed by atoms with Gasteiger partial charge in [0, 0.05) is 41.0 Å². The highest BCUT2D eigenvalue weighted by molar-refractivity contribution is 5.62. The molecule has 9 N–H and O–H groups in total. The average Bonchev–Trinajstić information content (AvgIpc) is 2.66. The molecule has 3 aromatic rings. The van der Waals surface area contributed by atoms with Crippen LogP contribution in [0.15, 0.2) is 36.4 Å². The van der Waals surface area contributed by atoms with Gasteiger partial charge in [0.25, 0.3) is 0 Å². The van der Waals surface area contributed by atoms with E-state index in [9.17, 15) is 46.0 Å². The maximum Gasteiger partial charge on any atom is 0.200 e. The molecule has 0 aromatic heterocycles. The minimum absolute atomic E-state index is 0.0107. The van der Waals surface area contributed by atoms with E-state index in [1.807, 2.05) is 0 Å². The summed E-state index contributed by atoms with van der Waals surface area (Å²) in [4.78, 5) is 0. The first-order valence-electron chi connectivity index (χ1n) is 8.98. The highest BCUT2D eigenvalue weighted by Crippen LogP contribution is 2.54. The highest BCUT2D eigenvalue weighted by atomic mass is 16.5. The van der Waals surface area contributed by atoms with Gasteiger partial charge in [-0.3, -0.25) is 0 Å². The molecule has 0 saturated carbocycles. The maximum absolute atomic E-state index is 11.1. The first-order valence-corrected chi connectivity index (χ1v) is 8.98. The Balaban J connectivity index is 1.96. The van der Waals surface area contributed by atoms with E-state index in [-0.39, 0.29) is 28.2 Å².